The molecule has 1 aliphatic rings. The molecule has 0 radical (unpaired) electrons. The molecular weight excluding hydrogens is 458 g/mol. The quantitative estimate of drug-likeness (QED) is 0.487. The SMILES string of the molecule is COc1ccc(N2C(=O)NC(=O)/C(=C\c3cc(Br)ccc3OCC(N)=O)C2=O)cc1. The Balaban J connectivity index is 2.00. The van der Waals surface area contributed by atoms with Crippen LogP contribution in [0, 0.1) is 0 Å². The first-order valence-electron chi connectivity index (χ1n) is 8.56. The number of carbonyl (C=O) groups is 4. The van der Waals surface area contributed by atoms with E-state index in [-0.39, 0.29) is 23.6 Å². The first-order chi connectivity index (χ1) is 14.3. The summed E-state index contributed by atoms with van der Waals surface area (Å²) in [5.41, 5.74) is 5.42. The van der Waals surface area contributed by atoms with Crippen molar-refractivity contribution in [2.75, 3.05) is 18.6 Å². The molecule has 1 aliphatic heterocycles. The van der Waals surface area contributed by atoms with Crippen molar-refractivity contribution >= 4 is 51.4 Å². The van der Waals surface area contributed by atoms with Crippen molar-refractivity contribution in [3.05, 3.63) is 58.1 Å². The normalized spacial score (nSPS) is 15.2. The Bertz CT molecular complexity index is 1060. The van der Waals surface area contributed by atoms with Crippen LogP contribution < -0.4 is 25.4 Å². The van der Waals surface area contributed by atoms with Gasteiger partial charge in [-0.25, -0.2) is 9.69 Å². The molecule has 0 spiro atoms. The summed E-state index contributed by atoms with van der Waals surface area (Å²) in [6.07, 6.45) is 1.28. The Kier molecular flexibility index (Phi) is 6.17. The zero-order chi connectivity index (χ0) is 21.8. The maximum absolute atomic E-state index is 13.0. The molecule has 0 aliphatic carbocycles. The van der Waals surface area contributed by atoms with Crippen LogP contribution >= 0.6 is 15.9 Å². The van der Waals surface area contributed by atoms with Crippen molar-refractivity contribution in [2.45, 2.75) is 0 Å². The van der Waals surface area contributed by atoms with E-state index in [2.05, 4.69) is 21.2 Å². The molecule has 30 heavy (non-hydrogen) atoms. The number of halogens is 1. The van der Waals surface area contributed by atoms with E-state index in [1.807, 2.05) is 0 Å². The average Bonchev–Trinajstić information content (AvgIpc) is 2.70. The fourth-order valence-corrected chi connectivity index (χ4v) is 3.07. The largest absolute Gasteiger partial charge is 0.497 e. The molecule has 0 unspecified atom stereocenters. The fraction of sp³-hybridized carbons (Fsp3) is 0.100. The minimum absolute atomic E-state index is 0.234. The van der Waals surface area contributed by atoms with E-state index in [0.29, 0.717) is 15.8 Å². The minimum Gasteiger partial charge on any atom is -0.497 e. The van der Waals surface area contributed by atoms with Gasteiger partial charge in [0.15, 0.2) is 6.61 Å². The molecule has 5 amide bonds. The molecule has 0 saturated carbocycles. The van der Waals surface area contributed by atoms with E-state index >= 15 is 0 Å². The van der Waals surface area contributed by atoms with Crippen LogP contribution in [0.5, 0.6) is 11.5 Å². The standard InChI is InChI=1S/C20H16BrN3O6/c1-29-14-5-3-13(4-6-14)24-19(27)15(18(26)23-20(24)28)9-11-8-12(21)2-7-16(11)30-10-17(22)25/h2-9H,10H2,1H3,(H2,22,25)(H,23,26,28)/b15-9+. The molecule has 3 N–H and O–H groups in total. The summed E-state index contributed by atoms with van der Waals surface area (Å²) in [7, 11) is 1.49. The number of imide groups is 2. The van der Waals surface area contributed by atoms with E-state index in [1.165, 1.54) is 25.3 Å². The minimum atomic E-state index is -0.869. The van der Waals surface area contributed by atoms with Crippen LogP contribution in [0.15, 0.2) is 52.5 Å². The van der Waals surface area contributed by atoms with Gasteiger partial charge in [0.1, 0.15) is 17.1 Å². The van der Waals surface area contributed by atoms with Crippen LogP contribution in [0.3, 0.4) is 0 Å². The highest BCUT2D eigenvalue weighted by molar-refractivity contribution is 9.10. The summed E-state index contributed by atoms with van der Waals surface area (Å²) in [6, 6.07) is 10.1. The number of rotatable bonds is 6. The third-order valence-corrected chi connectivity index (χ3v) is 4.57. The molecule has 1 fully saturated rings. The Labute approximate surface area is 179 Å². The maximum atomic E-state index is 13.0. The lowest BCUT2D eigenvalue weighted by Gasteiger charge is -2.26. The Morgan fingerprint density at radius 2 is 1.87 bits per heavy atom. The number of primary amides is 1. The van der Waals surface area contributed by atoms with Gasteiger partial charge in [0.05, 0.1) is 12.8 Å². The van der Waals surface area contributed by atoms with Gasteiger partial charge in [-0.3, -0.25) is 19.7 Å². The van der Waals surface area contributed by atoms with Gasteiger partial charge in [-0.05, 0) is 48.5 Å². The van der Waals surface area contributed by atoms with Gasteiger partial charge >= 0.3 is 6.03 Å². The second-order valence-electron chi connectivity index (χ2n) is 6.09. The first kappa shape index (κ1) is 21.1. The zero-order valence-corrected chi connectivity index (χ0v) is 17.3. The molecule has 2 aromatic carbocycles. The molecule has 1 saturated heterocycles. The highest BCUT2D eigenvalue weighted by Gasteiger charge is 2.37. The molecular formula is C20H16BrN3O6. The van der Waals surface area contributed by atoms with Gasteiger partial charge in [-0.2, -0.15) is 0 Å². The number of anilines is 1. The van der Waals surface area contributed by atoms with Gasteiger partial charge in [0.25, 0.3) is 17.7 Å². The van der Waals surface area contributed by atoms with Crippen LogP contribution in [0.25, 0.3) is 6.08 Å². The molecule has 3 rings (SSSR count). The van der Waals surface area contributed by atoms with Gasteiger partial charge in [-0.1, -0.05) is 15.9 Å². The number of hydrogen-bond donors (Lipinski definition) is 2. The van der Waals surface area contributed by atoms with Gasteiger partial charge < -0.3 is 15.2 Å². The maximum Gasteiger partial charge on any atom is 0.335 e. The third kappa shape index (κ3) is 4.49. The number of benzene rings is 2. The molecule has 0 bridgehead atoms. The number of amides is 5. The summed E-state index contributed by atoms with van der Waals surface area (Å²) in [5, 5.41) is 2.14. The Morgan fingerprint density at radius 3 is 2.50 bits per heavy atom. The van der Waals surface area contributed by atoms with E-state index in [1.54, 1.807) is 30.3 Å². The molecule has 9 nitrogen and oxygen atoms in total. The molecule has 0 aromatic heterocycles. The first-order valence-corrected chi connectivity index (χ1v) is 9.35. The predicted octanol–water partition coefficient (Wildman–Crippen LogP) is 1.99. The van der Waals surface area contributed by atoms with Crippen molar-refractivity contribution in [1.82, 2.24) is 5.32 Å². The lowest BCUT2D eigenvalue weighted by Crippen LogP contribution is -2.54. The van der Waals surface area contributed by atoms with Gasteiger partial charge in [0.2, 0.25) is 0 Å². The summed E-state index contributed by atoms with van der Waals surface area (Å²) in [6.45, 7) is -0.381. The monoisotopic (exact) mass is 473 g/mol. The van der Waals surface area contributed by atoms with Crippen LogP contribution in [0.2, 0.25) is 0 Å². The van der Waals surface area contributed by atoms with E-state index in [9.17, 15) is 19.2 Å². The summed E-state index contributed by atoms with van der Waals surface area (Å²) >= 11 is 3.30. The second-order valence-corrected chi connectivity index (χ2v) is 7.01. The van der Waals surface area contributed by atoms with E-state index < -0.39 is 23.8 Å². The van der Waals surface area contributed by atoms with Gasteiger partial charge in [-0.15, -0.1) is 0 Å². The number of nitrogens with two attached hydrogens (primary N) is 1. The smallest absolute Gasteiger partial charge is 0.335 e. The molecule has 0 atom stereocenters. The number of urea groups is 1. The summed E-state index contributed by atoms with van der Waals surface area (Å²) in [5.74, 6) is -1.57. The van der Waals surface area contributed by atoms with Crippen molar-refractivity contribution < 1.29 is 28.7 Å². The highest BCUT2D eigenvalue weighted by Crippen LogP contribution is 2.28. The fourth-order valence-electron chi connectivity index (χ4n) is 2.69. The average molecular weight is 474 g/mol. The number of barbiturate groups is 1. The number of ether oxygens (including phenoxy) is 2. The van der Waals surface area contributed by atoms with Crippen molar-refractivity contribution in [2.24, 2.45) is 5.73 Å². The number of nitrogens with zero attached hydrogens (tertiary/aromatic N) is 1. The van der Waals surface area contributed by atoms with Crippen LogP contribution in [0.1, 0.15) is 5.56 Å². The predicted molar refractivity (Wildman–Crippen MR) is 111 cm³/mol. The van der Waals surface area contributed by atoms with E-state index in [0.717, 1.165) is 4.90 Å². The van der Waals surface area contributed by atoms with E-state index in [4.69, 9.17) is 15.2 Å². The van der Waals surface area contributed by atoms with Crippen molar-refractivity contribution in [1.29, 1.82) is 0 Å². The summed E-state index contributed by atoms with van der Waals surface area (Å²) in [4.78, 5) is 49.5. The topological polar surface area (TPSA) is 128 Å². The Hall–Kier alpha value is -3.66. The number of methoxy groups -OCH3 is 1. The lowest BCUT2D eigenvalue weighted by molar-refractivity contribution is -0.123. The van der Waals surface area contributed by atoms with Crippen LogP contribution in [0.4, 0.5) is 10.5 Å². The summed E-state index contributed by atoms with van der Waals surface area (Å²) < 4.78 is 11.1. The molecule has 10 heteroatoms. The van der Waals surface area contributed by atoms with Gasteiger partial charge in [0, 0.05) is 10.0 Å². The third-order valence-electron chi connectivity index (χ3n) is 4.07. The molecule has 2 aromatic rings. The second kappa shape index (κ2) is 8.78. The lowest BCUT2D eigenvalue weighted by atomic mass is 10.1. The van der Waals surface area contributed by atoms with Crippen molar-refractivity contribution in [3.63, 3.8) is 0 Å². The zero-order valence-electron chi connectivity index (χ0n) is 15.7. The molecule has 154 valence electrons. The van der Waals surface area contributed by atoms with Crippen LogP contribution in [-0.2, 0) is 14.4 Å². The molecule has 1 heterocycles. The van der Waals surface area contributed by atoms with Crippen molar-refractivity contribution in [3.8, 4) is 11.5 Å². The highest BCUT2D eigenvalue weighted by atomic mass is 79.9. The number of carbonyl (C=O) groups excluding carboxylic acids is 4. The number of nitrogens with one attached hydrogen (secondary N) is 1. The number of hydrogen-bond acceptors (Lipinski definition) is 6. The Morgan fingerprint density at radius 1 is 1.17 bits per heavy atom. The van der Waals surface area contributed by atoms with Crippen LogP contribution in [-0.4, -0.2) is 37.5 Å².